The van der Waals surface area contributed by atoms with Crippen molar-refractivity contribution in [1.29, 1.82) is 0 Å². The molecule has 0 spiro atoms. The molecule has 0 bridgehead atoms. The number of aromatic nitrogens is 3. The molecule has 0 saturated heterocycles. The summed E-state index contributed by atoms with van der Waals surface area (Å²) < 4.78 is 2.07. The van der Waals surface area contributed by atoms with Crippen LogP contribution < -0.4 is 0 Å². The van der Waals surface area contributed by atoms with Crippen LogP contribution in [0.5, 0.6) is 0 Å². The summed E-state index contributed by atoms with van der Waals surface area (Å²) in [6.07, 6.45) is 3.60. The van der Waals surface area contributed by atoms with Crippen LogP contribution in [0.25, 0.3) is 11.0 Å². The van der Waals surface area contributed by atoms with E-state index in [1.54, 1.807) is 6.20 Å². The molecule has 0 radical (unpaired) electrons. The number of pyridine rings is 1. The fraction of sp³-hybridized carbons (Fsp3) is 0.143. The van der Waals surface area contributed by atoms with E-state index in [9.17, 15) is 0 Å². The highest BCUT2D eigenvalue weighted by Crippen LogP contribution is 2.25. The summed E-state index contributed by atoms with van der Waals surface area (Å²) in [6.45, 7) is 0.687. The number of imidazole rings is 1. The van der Waals surface area contributed by atoms with Crippen molar-refractivity contribution in [2.24, 2.45) is 0 Å². The second kappa shape index (κ2) is 5.19. The van der Waals surface area contributed by atoms with Crippen LogP contribution >= 0.6 is 23.2 Å². The number of benzene rings is 1. The maximum Gasteiger partial charge on any atom is 0.125 e. The minimum Gasteiger partial charge on any atom is -0.322 e. The maximum absolute atomic E-state index is 6.17. The Kier molecular flexibility index (Phi) is 3.40. The lowest BCUT2D eigenvalue weighted by molar-refractivity contribution is 0.775. The molecule has 0 unspecified atom stereocenters. The molecule has 19 heavy (non-hydrogen) atoms. The Hall–Kier alpha value is -1.58. The molecule has 5 heteroatoms. The van der Waals surface area contributed by atoms with Gasteiger partial charge in [0.15, 0.2) is 0 Å². The first kappa shape index (κ1) is 12.5. The highest BCUT2D eigenvalue weighted by molar-refractivity contribution is 6.35. The minimum absolute atomic E-state index is 0.352. The Balaban J connectivity index is 2.14. The third kappa shape index (κ3) is 2.31. The lowest BCUT2D eigenvalue weighted by Gasteiger charge is -2.07. The molecule has 3 rings (SSSR count). The SMILES string of the molecule is ClCc1nc2c(Cl)cccc2n1Cc1cccnc1. The average molecular weight is 292 g/mol. The third-order valence-electron chi connectivity index (χ3n) is 2.99. The van der Waals surface area contributed by atoms with Crippen LogP contribution in [0.4, 0.5) is 0 Å². The molecule has 0 aliphatic carbocycles. The summed E-state index contributed by atoms with van der Waals surface area (Å²) in [5.41, 5.74) is 2.89. The van der Waals surface area contributed by atoms with Gasteiger partial charge in [-0.1, -0.05) is 23.7 Å². The van der Waals surface area contributed by atoms with Gasteiger partial charge in [0.1, 0.15) is 11.3 Å². The number of alkyl halides is 1. The van der Waals surface area contributed by atoms with Crippen LogP contribution in [0.3, 0.4) is 0 Å². The summed E-state index contributed by atoms with van der Waals surface area (Å²) in [5.74, 6) is 1.17. The van der Waals surface area contributed by atoms with Crippen molar-refractivity contribution in [1.82, 2.24) is 14.5 Å². The van der Waals surface area contributed by atoms with Gasteiger partial charge >= 0.3 is 0 Å². The summed E-state index contributed by atoms with van der Waals surface area (Å²) in [5, 5.41) is 0.647. The largest absolute Gasteiger partial charge is 0.322 e. The summed E-state index contributed by atoms with van der Waals surface area (Å²) >= 11 is 12.2. The number of para-hydroxylation sites is 1. The average Bonchev–Trinajstić information content (AvgIpc) is 2.80. The molecule has 0 aliphatic rings. The number of hydrogen-bond acceptors (Lipinski definition) is 2. The number of halogens is 2. The predicted octanol–water partition coefficient (Wildman–Crippen LogP) is 3.87. The second-order valence-corrected chi connectivity index (χ2v) is 4.89. The lowest BCUT2D eigenvalue weighted by Crippen LogP contribution is -2.03. The van der Waals surface area contributed by atoms with Crippen LogP contribution in [0.2, 0.25) is 5.02 Å². The minimum atomic E-state index is 0.352. The summed E-state index contributed by atoms with van der Waals surface area (Å²) in [7, 11) is 0. The van der Waals surface area contributed by atoms with E-state index < -0.39 is 0 Å². The van der Waals surface area contributed by atoms with E-state index in [0.717, 1.165) is 22.4 Å². The molecular formula is C14H11Cl2N3. The second-order valence-electron chi connectivity index (χ2n) is 4.22. The Morgan fingerprint density at radius 3 is 2.79 bits per heavy atom. The van der Waals surface area contributed by atoms with Gasteiger partial charge in [-0.2, -0.15) is 0 Å². The van der Waals surface area contributed by atoms with Crippen LogP contribution in [0.15, 0.2) is 42.7 Å². The lowest BCUT2D eigenvalue weighted by atomic mass is 10.2. The third-order valence-corrected chi connectivity index (χ3v) is 3.54. The first-order chi connectivity index (χ1) is 9.29. The molecule has 0 N–H and O–H groups in total. The maximum atomic E-state index is 6.17. The molecule has 3 aromatic rings. The van der Waals surface area contributed by atoms with Gasteiger partial charge in [-0.15, -0.1) is 11.6 Å². The van der Waals surface area contributed by atoms with Gasteiger partial charge in [0.05, 0.1) is 23.0 Å². The smallest absolute Gasteiger partial charge is 0.125 e. The normalized spacial score (nSPS) is 11.1. The molecule has 0 aliphatic heterocycles. The van der Waals surface area contributed by atoms with Gasteiger partial charge in [-0.3, -0.25) is 4.98 Å². The van der Waals surface area contributed by atoms with Gasteiger partial charge in [0, 0.05) is 12.4 Å². The Labute approximate surface area is 120 Å². The Morgan fingerprint density at radius 2 is 2.05 bits per heavy atom. The summed E-state index contributed by atoms with van der Waals surface area (Å²) in [6, 6.07) is 9.71. The van der Waals surface area contributed by atoms with E-state index in [2.05, 4.69) is 14.5 Å². The monoisotopic (exact) mass is 291 g/mol. The molecule has 3 nitrogen and oxygen atoms in total. The van der Waals surface area contributed by atoms with Crippen molar-refractivity contribution in [3.05, 3.63) is 59.1 Å². The number of hydrogen-bond donors (Lipinski definition) is 0. The van der Waals surface area contributed by atoms with Crippen LogP contribution in [0.1, 0.15) is 11.4 Å². The van der Waals surface area contributed by atoms with Crippen molar-refractivity contribution < 1.29 is 0 Å². The zero-order valence-electron chi connectivity index (χ0n) is 10.1. The van der Waals surface area contributed by atoms with Crippen molar-refractivity contribution in [3.63, 3.8) is 0 Å². The van der Waals surface area contributed by atoms with E-state index in [1.807, 2.05) is 36.5 Å². The molecule has 96 valence electrons. The molecule has 0 saturated carbocycles. The predicted molar refractivity (Wildman–Crippen MR) is 77.6 cm³/mol. The van der Waals surface area contributed by atoms with Gasteiger partial charge in [-0.25, -0.2) is 4.98 Å². The number of nitrogens with zero attached hydrogens (tertiary/aromatic N) is 3. The molecule has 0 fully saturated rings. The van der Waals surface area contributed by atoms with E-state index in [4.69, 9.17) is 23.2 Å². The van der Waals surface area contributed by atoms with Crippen LogP contribution in [0, 0.1) is 0 Å². The fourth-order valence-corrected chi connectivity index (χ4v) is 2.53. The Morgan fingerprint density at radius 1 is 1.16 bits per heavy atom. The zero-order valence-corrected chi connectivity index (χ0v) is 11.6. The van der Waals surface area contributed by atoms with Gasteiger partial charge in [-0.05, 0) is 23.8 Å². The van der Waals surface area contributed by atoms with E-state index in [0.29, 0.717) is 17.4 Å². The highest BCUT2D eigenvalue weighted by Gasteiger charge is 2.12. The zero-order chi connectivity index (χ0) is 13.2. The number of rotatable bonds is 3. The van der Waals surface area contributed by atoms with Crippen molar-refractivity contribution in [3.8, 4) is 0 Å². The topological polar surface area (TPSA) is 30.7 Å². The fourth-order valence-electron chi connectivity index (χ4n) is 2.11. The standard InChI is InChI=1S/C14H11Cl2N3/c15-7-13-18-14-11(16)4-1-5-12(14)19(13)9-10-3-2-6-17-8-10/h1-6,8H,7,9H2. The van der Waals surface area contributed by atoms with Crippen molar-refractivity contribution in [2.75, 3.05) is 0 Å². The van der Waals surface area contributed by atoms with E-state index in [-0.39, 0.29) is 0 Å². The number of fused-ring (bicyclic) bond motifs is 1. The molecular weight excluding hydrogens is 281 g/mol. The first-order valence-corrected chi connectivity index (χ1v) is 6.79. The highest BCUT2D eigenvalue weighted by atomic mass is 35.5. The van der Waals surface area contributed by atoms with Crippen LogP contribution in [-0.2, 0) is 12.4 Å². The molecule has 2 aromatic heterocycles. The van der Waals surface area contributed by atoms with E-state index >= 15 is 0 Å². The van der Waals surface area contributed by atoms with Gasteiger partial charge in [0.25, 0.3) is 0 Å². The quantitative estimate of drug-likeness (QED) is 0.686. The van der Waals surface area contributed by atoms with Gasteiger partial charge < -0.3 is 4.57 Å². The molecule has 1 aromatic carbocycles. The van der Waals surface area contributed by atoms with Crippen molar-refractivity contribution in [2.45, 2.75) is 12.4 Å². The Bertz CT molecular complexity index is 707. The molecule has 2 heterocycles. The first-order valence-electron chi connectivity index (χ1n) is 5.88. The van der Waals surface area contributed by atoms with Crippen molar-refractivity contribution >= 4 is 34.2 Å². The summed E-state index contributed by atoms with van der Waals surface area (Å²) in [4.78, 5) is 8.63. The molecule has 0 atom stereocenters. The van der Waals surface area contributed by atoms with E-state index in [1.165, 1.54) is 0 Å². The van der Waals surface area contributed by atoms with Gasteiger partial charge in [0.2, 0.25) is 0 Å². The molecule has 0 amide bonds. The van der Waals surface area contributed by atoms with Crippen LogP contribution in [-0.4, -0.2) is 14.5 Å².